The summed E-state index contributed by atoms with van der Waals surface area (Å²) in [5.74, 6) is 2.95. The first-order valence-electron chi connectivity index (χ1n) is 7.89. The van der Waals surface area contributed by atoms with Crippen LogP contribution in [0.4, 0.5) is 0 Å². The number of rotatable bonds is 3. The first-order valence-corrected chi connectivity index (χ1v) is 9.05. The van der Waals surface area contributed by atoms with Gasteiger partial charge in [0.1, 0.15) is 6.17 Å². The Bertz CT molecular complexity index is 485. The lowest BCUT2D eigenvalue weighted by Gasteiger charge is -2.35. The molecule has 3 nitrogen and oxygen atoms in total. The van der Waals surface area contributed by atoms with E-state index in [4.69, 9.17) is 0 Å². The van der Waals surface area contributed by atoms with Gasteiger partial charge in [0.05, 0.1) is 6.04 Å². The summed E-state index contributed by atoms with van der Waals surface area (Å²) in [5.41, 5.74) is 1.20. The van der Waals surface area contributed by atoms with E-state index < -0.39 is 0 Å². The zero-order valence-electron chi connectivity index (χ0n) is 12.8. The summed E-state index contributed by atoms with van der Waals surface area (Å²) >= 11 is 2.00. The van der Waals surface area contributed by atoms with E-state index in [0.29, 0.717) is 12.0 Å². The van der Waals surface area contributed by atoms with Crippen molar-refractivity contribution in [3.8, 4) is 0 Å². The number of nitrogens with one attached hydrogen (secondary N) is 1. The first-order chi connectivity index (χ1) is 10.2. The van der Waals surface area contributed by atoms with Gasteiger partial charge in [0.15, 0.2) is 0 Å². The van der Waals surface area contributed by atoms with Crippen LogP contribution in [0.5, 0.6) is 0 Å². The Hall–Kier alpha value is -1.00. The third kappa shape index (κ3) is 2.97. The van der Waals surface area contributed by atoms with E-state index in [1.54, 1.807) is 0 Å². The van der Waals surface area contributed by atoms with Gasteiger partial charge in [-0.15, -0.1) is 0 Å². The maximum absolute atomic E-state index is 12.9. The number of hydrogen-bond acceptors (Lipinski definition) is 3. The molecule has 21 heavy (non-hydrogen) atoms. The van der Waals surface area contributed by atoms with Gasteiger partial charge in [-0.1, -0.05) is 44.2 Å². The third-order valence-electron chi connectivity index (χ3n) is 4.50. The average Bonchev–Trinajstić information content (AvgIpc) is 2.87. The summed E-state index contributed by atoms with van der Waals surface area (Å²) < 4.78 is 0. The molecular weight excluding hydrogens is 280 g/mol. The second-order valence-corrected chi connectivity index (χ2v) is 7.52. The lowest BCUT2D eigenvalue weighted by atomic mass is 10.0. The van der Waals surface area contributed by atoms with Crippen molar-refractivity contribution in [1.82, 2.24) is 10.2 Å². The molecule has 1 aromatic rings. The number of carbonyl (C=O) groups is 1. The Morgan fingerprint density at radius 1 is 1.19 bits per heavy atom. The van der Waals surface area contributed by atoms with E-state index in [2.05, 4.69) is 48.3 Å². The zero-order valence-corrected chi connectivity index (χ0v) is 13.6. The second-order valence-electron chi connectivity index (χ2n) is 6.29. The number of benzene rings is 1. The standard InChI is InChI=1S/C17H24N2OS/c1-12(2)15-17(20)19(14-8-10-21-11-9-14)16(18-15)13-6-4-3-5-7-13/h3-7,12,14-16,18H,8-11H2,1-2H3. The van der Waals surface area contributed by atoms with E-state index in [-0.39, 0.29) is 18.1 Å². The Morgan fingerprint density at radius 3 is 2.48 bits per heavy atom. The summed E-state index contributed by atoms with van der Waals surface area (Å²) in [5, 5.41) is 3.57. The highest BCUT2D eigenvalue weighted by molar-refractivity contribution is 7.99. The largest absolute Gasteiger partial charge is 0.319 e. The van der Waals surface area contributed by atoms with E-state index in [0.717, 1.165) is 12.8 Å². The fourth-order valence-electron chi connectivity index (χ4n) is 3.33. The predicted molar refractivity (Wildman–Crippen MR) is 88.1 cm³/mol. The fraction of sp³-hybridized carbons (Fsp3) is 0.588. The van der Waals surface area contributed by atoms with Crippen LogP contribution in [0.2, 0.25) is 0 Å². The van der Waals surface area contributed by atoms with Crippen molar-refractivity contribution in [2.24, 2.45) is 5.92 Å². The molecule has 2 aliphatic heterocycles. The molecule has 2 atom stereocenters. The van der Waals surface area contributed by atoms with Crippen LogP contribution in [-0.2, 0) is 4.79 Å². The highest BCUT2D eigenvalue weighted by Gasteiger charge is 2.44. The van der Waals surface area contributed by atoms with Crippen molar-refractivity contribution >= 4 is 17.7 Å². The van der Waals surface area contributed by atoms with Crippen LogP contribution in [0.1, 0.15) is 38.4 Å². The third-order valence-corrected chi connectivity index (χ3v) is 5.55. The highest BCUT2D eigenvalue weighted by Crippen LogP contribution is 2.34. The number of thioether (sulfide) groups is 1. The molecule has 1 aromatic carbocycles. The molecule has 2 saturated heterocycles. The molecular formula is C17H24N2OS. The molecule has 1 N–H and O–H groups in total. The molecule has 2 heterocycles. The minimum Gasteiger partial charge on any atom is -0.319 e. The molecule has 0 saturated carbocycles. The van der Waals surface area contributed by atoms with Gasteiger partial charge in [-0.3, -0.25) is 10.1 Å². The van der Waals surface area contributed by atoms with Gasteiger partial charge in [0, 0.05) is 6.04 Å². The van der Waals surface area contributed by atoms with E-state index in [1.165, 1.54) is 17.1 Å². The molecule has 3 rings (SSSR count). The van der Waals surface area contributed by atoms with Crippen LogP contribution >= 0.6 is 11.8 Å². The van der Waals surface area contributed by atoms with Crippen LogP contribution in [-0.4, -0.2) is 34.4 Å². The Labute approximate surface area is 131 Å². The predicted octanol–water partition coefficient (Wildman–Crippen LogP) is 3.04. The van der Waals surface area contributed by atoms with Crippen molar-refractivity contribution in [3.05, 3.63) is 35.9 Å². The van der Waals surface area contributed by atoms with Gasteiger partial charge >= 0.3 is 0 Å². The molecule has 0 aliphatic carbocycles. The maximum atomic E-state index is 12.9. The minimum atomic E-state index is -0.0511. The van der Waals surface area contributed by atoms with Gasteiger partial charge < -0.3 is 4.90 Å². The maximum Gasteiger partial charge on any atom is 0.241 e. The number of carbonyl (C=O) groups excluding carboxylic acids is 1. The minimum absolute atomic E-state index is 0.0409. The first kappa shape index (κ1) is 14.9. The highest BCUT2D eigenvalue weighted by atomic mass is 32.2. The van der Waals surface area contributed by atoms with Crippen LogP contribution in [0.15, 0.2) is 30.3 Å². The van der Waals surface area contributed by atoms with E-state index in [1.807, 2.05) is 17.8 Å². The quantitative estimate of drug-likeness (QED) is 0.931. The van der Waals surface area contributed by atoms with E-state index >= 15 is 0 Å². The zero-order chi connectivity index (χ0) is 14.8. The number of nitrogens with zero attached hydrogens (tertiary/aromatic N) is 1. The van der Waals surface area contributed by atoms with Crippen LogP contribution in [0.3, 0.4) is 0 Å². The summed E-state index contributed by atoms with van der Waals surface area (Å²) in [6.45, 7) is 4.25. The normalized spacial score (nSPS) is 27.6. The van der Waals surface area contributed by atoms with Crippen LogP contribution < -0.4 is 5.32 Å². The van der Waals surface area contributed by atoms with E-state index in [9.17, 15) is 4.79 Å². The monoisotopic (exact) mass is 304 g/mol. The lowest BCUT2D eigenvalue weighted by molar-refractivity contribution is -0.133. The molecule has 0 bridgehead atoms. The Morgan fingerprint density at radius 2 is 1.86 bits per heavy atom. The van der Waals surface area contributed by atoms with Gasteiger partial charge in [0.2, 0.25) is 5.91 Å². The topological polar surface area (TPSA) is 32.3 Å². The average molecular weight is 304 g/mol. The molecule has 4 heteroatoms. The molecule has 0 aromatic heterocycles. The Balaban J connectivity index is 1.89. The van der Waals surface area contributed by atoms with Crippen molar-refractivity contribution in [2.75, 3.05) is 11.5 Å². The molecule has 2 aliphatic rings. The molecule has 2 fully saturated rings. The molecule has 0 spiro atoms. The van der Waals surface area contributed by atoms with Crippen LogP contribution in [0, 0.1) is 5.92 Å². The van der Waals surface area contributed by atoms with Crippen molar-refractivity contribution in [3.63, 3.8) is 0 Å². The van der Waals surface area contributed by atoms with Gasteiger partial charge in [-0.05, 0) is 35.8 Å². The smallest absolute Gasteiger partial charge is 0.241 e. The number of amides is 1. The molecule has 1 amide bonds. The van der Waals surface area contributed by atoms with Crippen molar-refractivity contribution in [2.45, 2.75) is 44.9 Å². The van der Waals surface area contributed by atoms with Gasteiger partial charge in [-0.2, -0.15) is 11.8 Å². The van der Waals surface area contributed by atoms with Crippen molar-refractivity contribution < 1.29 is 4.79 Å². The number of hydrogen-bond donors (Lipinski definition) is 1. The molecule has 0 radical (unpaired) electrons. The van der Waals surface area contributed by atoms with Crippen molar-refractivity contribution in [1.29, 1.82) is 0 Å². The van der Waals surface area contributed by atoms with Gasteiger partial charge in [-0.25, -0.2) is 0 Å². The van der Waals surface area contributed by atoms with Crippen LogP contribution in [0.25, 0.3) is 0 Å². The fourth-order valence-corrected chi connectivity index (χ4v) is 4.41. The van der Waals surface area contributed by atoms with Gasteiger partial charge in [0.25, 0.3) is 0 Å². The SMILES string of the molecule is CC(C)C1NC(c2ccccc2)N(C2CCSCC2)C1=O. The second kappa shape index (κ2) is 6.41. The molecule has 2 unspecified atom stereocenters. The molecule has 114 valence electrons. The summed E-state index contributed by atoms with van der Waals surface area (Å²) in [6.07, 6.45) is 2.28. The summed E-state index contributed by atoms with van der Waals surface area (Å²) in [4.78, 5) is 15.0. The summed E-state index contributed by atoms with van der Waals surface area (Å²) in [6, 6.07) is 10.7. The Kier molecular flexibility index (Phi) is 4.55. The summed E-state index contributed by atoms with van der Waals surface area (Å²) in [7, 11) is 0. The lowest BCUT2D eigenvalue weighted by Crippen LogP contribution is -2.42.